The molecule has 0 heterocycles. The summed E-state index contributed by atoms with van der Waals surface area (Å²) in [6, 6.07) is 7.11. The summed E-state index contributed by atoms with van der Waals surface area (Å²) in [5.41, 5.74) is 10.5. The topological polar surface area (TPSA) is 26.0 Å². The normalized spacial score (nSPS) is 18.9. The molecular weight excluding hydrogens is 194 g/mol. The molecule has 1 fully saturated rings. The second-order valence-electron chi connectivity index (χ2n) is 5.33. The molecule has 88 valence electrons. The van der Waals surface area contributed by atoms with Crippen LogP contribution in [0.25, 0.3) is 0 Å². The lowest BCUT2D eigenvalue weighted by Gasteiger charge is -2.19. The maximum Gasteiger partial charge on any atom is 0.0108 e. The SMILES string of the molecule is Cc1ccc(CC(N)C2CCCC2)cc1C. The lowest BCUT2D eigenvalue weighted by molar-refractivity contribution is 0.429. The van der Waals surface area contributed by atoms with Gasteiger partial charge in [0.05, 0.1) is 0 Å². The summed E-state index contributed by atoms with van der Waals surface area (Å²) in [5.74, 6) is 0.765. The van der Waals surface area contributed by atoms with Crippen LogP contribution in [0.3, 0.4) is 0 Å². The quantitative estimate of drug-likeness (QED) is 0.825. The number of rotatable bonds is 3. The van der Waals surface area contributed by atoms with E-state index in [4.69, 9.17) is 5.73 Å². The largest absolute Gasteiger partial charge is 0.327 e. The van der Waals surface area contributed by atoms with Crippen molar-refractivity contribution in [1.29, 1.82) is 0 Å². The van der Waals surface area contributed by atoms with Crippen molar-refractivity contribution < 1.29 is 0 Å². The Labute approximate surface area is 99.0 Å². The lowest BCUT2D eigenvalue weighted by atomic mass is 9.92. The van der Waals surface area contributed by atoms with E-state index in [1.807, 2.05) is 0 Å². The third-order valence-corrected chi connectivity index (χ3v) is 4.05. The van der Waals surface area contributed by atoms with Gasteiger partial charge in [-0.1, -0.05) is 31.0 Å². The van der Waals surface area contributed by atoms with Gasteiger partial charge < -0.3 is 5.73 Å². The average Bonchev–Trinajstić information content (AvgIpc) is 2.77. The molecule has 0 amide bonds. The first-order valence-electron chi connectivity index (χ1n) is 6.48. The van der Waals surface area contributed by atoms with Crippen LogP contribution in [0.2, 0.25) is 0 Å². The highest BCUT2D eigenvalue weighted by atomic mass is 14.7. The zero-order valence-corrected chi connectivity index (χ0v) is 10.5. The summed E-state index contributed by atoms with van der Waals surface area (Å²) >= 11 is 0. The molecule has 1 heteroatoms. The fourth-order valence-electron chi connectivity index (χ4n) is 2.75. The van der Waals surface area contributed by atoms with Gasteiger partial charge in [-0.3, -0.25) is 0 Å². The van der Waals surface area contributed by atoms with Crippen LogP contribution < -0.4 is 5.73 Å². The summed E-state index contributed by atoms with van der Waals surface area (Å²) in [6.07, 6.45) is 6.49. The van der Waals surface area contributed by atoms with Crippen LogP contribution in [0.1, 0.15) is 42.4 Å². The molecule has 1 unspecified atom stereocenters. The predicted octanol–water partition coefficient (Wildman–Crippen LogP) is 3.36. The van der Waals surface area contributed by atoms with E-state index < -0.39 is 0 Å². The second-order valence-corrected chi connectivity index (χ2v) is 5.33. The van der Waals surface area contributed by atoms with Crippen molar-refractivity contribution in [2.24, 2.45) is 11.7 Å². The highest BCUT2D eigenvalue weighted by Gasteiger charge is 2.21. The van der Waals surface area contributed by atoms with Gasteiger partial charge in [0.2, 0.25) is 0 Å². The van der Waals surface area contributed by atoms with Gasteiger partial charge in [0.15, 0.2) is 0 Å². The smallest absolute Gasteiger partial charge is 0.0108 e. The minimum atomic E-state index is 0.365. The van der Waals surface area contributed by atoms with Crippen molar-refractivity contribution in [3.05, 3.63) is 34.9 Å². The summed E-state index contributed by atoms with van der Waals surface area (Å²) in [7, 11) is 0. The number of nitrogens with two attached hydrogens (primary N) is 1. The molecule has 1 aliphatic rings. The molecule has 0 saturated heterocycles. The van der Waals surface area contributed by atoms with E-state index in [0.717, 1.165) is 12.3 Å². The van der Waals surface area contributed by atoms with E-state index in [1.165, 1.54) is 42.4 Å². The Morgan fingerprint density at radius 1 is 1.19 bits per heavy atom. The van der Waals surface area contributed by atoms with E-state index in [-0.39, 0.29) is 0 Å². The molecule has 16 heavy (non-hydrogen) atoms. The van der Waals surface area contributed by atoms with Crippen molar-refractivity contribution in [2.75, 3.05) is 0 Å². The Hall–Kier alpha value is -0.820. The van der Waals surface area contributed by atoms with Gasteiger partial charge in [0.1, 0.15) is 0 Å². The molecule has 2 rings (SSSR count). The Kier molecular flexibility index (Phi) is 3.65. The maximum absolute atomic E-state index is 6.30. The third-order valence-electron chi connectivity index (χ3n) is 4.05. The molecule has 0 aromatic heterocycles. The van der Waals surface area contributed by atoms with Crippen LogP contribution in [0.5, 0.6) is 0 Å². The minimum Gasteiger partial charge on any atom is -0.327 e. The van der Waals surface area contributed by atoms with Crippen molar-refractivity contribution in [1.82, 2.24) is 0 Å². The number of benzene rings is 1. The Morgan fingerprint density at radius 3 is 2.50 bits per heavy atom. The van der Waals surface area contributed by atoms with E-state index >= 15 is 0 Å². The maximum atomic E-state index is 6.30. The van der Waals surface area contributed by atoms with E-state index in [0.29, 0.717) is 6.04 Å². The van der Waals surface area contributed by atoms with E-state index in [9.17, 15) is 0 Å². The summed E-state index contributed by atoms with van der Waals surface area (Å²) in [6.45, 7) is 4.34. The Bertz CT molecular complexity index is 350. The monoisotopic (exact) mass is 217 g/mol. The molecule has 2 N–H and O–H groups in total. The molecular formula is C15H23N. The number of aryl methyl sites for hydroxylation is 2. The fraction of sp³-hybridized carbons (Fsp3) is 0.600. The summed E-state index contributed by atoms with van der Waals surface area (Å²) in [4.78, 5) is 0. The highest BCUT2D eigenvalue weighted by Crippen LogP contribution is 2.28. The van der Waals surface area contributed by atoms with Gasteiger partial charge >= 0.3 is 0 Å². The molecule has 1 atom stereocenters. The third kappa shape index (κ3) is 2.65. The van der Waals surface area contributed by atoms with Crippen LogP contribution in [0, 0.1) is 19.8 Å². The van der Waals surface area contributed by atoms with Gasteiger partial charge in [-0.25, -0.2) is 0 Å². The van der Waals surface area contributed by atoms with Gasteiger partial charge in [-0.2, -0.15) is 0 Å². The summed E-state index contributed by atoms with van der Waals surface area (Å²) in [5, 5.41) is 0. The fourth-order valence-corrected chi connectivity index (χ4v) is 2.75. The van der Waals surface area contributed by atoms with Crippen molar-refractivity contribution in [3.63, 3.8) is 0 Å². The zero-order valence-electron chi connectivity index (χ0n) is 10.5. The number of hydrogen-bond donors (Lipinski definition) is 1. The molecule has 0 spiro atoms. The average molecular weight is 217 g/mol. The highest BCUT2D eigenvalue weighted by molar-refractivity contribution is 5.30. The molecule has 1 aromatic carbocycles. The van der Waals surface area contributed by atoms with Crippen LogP contribution in [-0.4, -0.2) is 6.04 Å². The lowest BCUT2D eigenvalue weighted by Crippen LogP contribution is -2.30. The first-order chi connectivity index (χ1) is 7.66. The molecule has 0 bridgehead atoms. The van der Waals surface area contributed by atoms with Gasteiger partial charge in [-0.05, 0) is 55.7 Å². The van der Waals surface area contributed by atoms with Gasteiger partial charge in [0.25, 0.3) is 0 Å². The zero-order chi connectivity index (χ0) is 11.5. The molecule has 1 nitrogen and oxygen atoms in total. The standard InChI is InChI=1S/C15H23N/c1-11-7-8-13(9-12(11)2)10-15(16)14-5-3-4-6-14/h7-9,14-15H,3-6,10,16H2,1-2H3. The van der Waals surface area contributed by atoms with Gasteiger partial charge in [-0.15, -0.1) is 0 Å². The van der Waals surface area contributed by atoms with E-state index in [1.54, 1.807) is 0 Å². The molecule has 1 aromatic rings. The van der Waals surface area contributed by atoms with Crippen molar-refractivity contribution in [3.8, 4) is 0 Å². The van der Waals surface area contributed by atoms with Crippen molar-refractivity contribution in [2.45, 2.75) is 52.0 Å². The predicted molar refractivity (Wildman–Crippen MR) is 69.6 cm³/mol. The van der Waals surface area contributed by atoms with Crippen molar-refractivity contribution >= 4 is 0 Å². The molecule has 0 radical (unpaired) electrons. The second kappa shape index (κ2) is 5.01. The molecule has 1 saturated carbocycles. The Morgan fingerprint density at radius 2 is 1.88 bits per heavy atom. The first kappa shape index (κ1) is 11.7. The first-order valence-corrected chi connectivity index (χ1v) is 6.48. The minimum absolute atomic E-state index is 0.365. The Balaban J connectivity index is 1.99. The van der Waals surface area contributed by atoms with Crippen LogP contribution >= 0.6 is 0 Å². The van der Waals surface area contributed by atoms with Crippen LogP contribution in [0.15, 0.2) is 18.2 Å². The van der Waals surface area contributed by atoms with Gasteiger partial charge in [0, 0.05) is 6.04 Å². The van der Waals surface area contributed by atoms with Crippen LogP contribution in [0.4, 0.5) is 0 Å². The molecule has 1 aliphatic carbocycles. The number of hydrogen-bond acceptors (Lipinski definition) is 1. The summed E-state index contributed by atoms with van der Waals surface area (Å²) < 4.78 is 0. The van der Waals surface area contributed by atoms with E-state index in [2.05, 4.69) is 32.0 Å². The van der Waals surface area contributed by atoms with Crippen LogP contribution in [-0.2, 0) is 6.42 Å². The molecule has 0 aliphatic heterocycles.